The molecule has 3 nitrogen and oxygen atoms in total. The van der Waals surface area contributed by atoms with Crippen LogP contribution in [0.3, 0.4) is 0 Å². The first kappa shape index (κ1) is 13.1. The normalized spacial score (nSPS) is 10.4. The summed E-state index contributed by atoms with van der Waals surface area (Å²) in [6, 6.07) is 8.02. The Kier molecular flexibility index (Phi) is 3.76. The minimum Gasteiger partial charge on any atom is -0.476 e. The maximum absolute atomic E-state index is 11.0. The number of pyridine rings is 1. The SMILES string of the molecule is O=C(O)c1nc(-c2c(Cl)cccc2Cl)ccc1Cl. The monoisotopic (exact) mass is 301 g/mol. The molecule has 0 radical (unpaired) electrons. The Morgan fingerprint density at radius 3 is 2.17 bits per heavy atom. The molecule has 0 spiro atoms. The molecule has 1 aromatic heterocycles. The summed E-state index contributed by atoms with van der Waals surface area (Å²) in [7, 11) is 0. The maximum Gasteiger partial charge on any atom is 0.356 e. The summed E-state index contributed by atoms with van der Waals surface area (Å²) in [5.41, 5.74) is 0.623. The molecule has 0 saturated heterocycles. The van der Waals surface area contributed by atoms with Gasteiger partial charge in [-0.15, -0.1) is 0 Å². The molecule has 0 aliphatic heterocycles. The Balaban J connectivity index is 2.65. The highest BCUT2D eigenvalue weighted by atomic mass is 35.5. The molecule has 92 valence electrons. The van der Waals surface area contributed by atoms with E-state index in [-0.39, 0.29) is 10.7 Å². The van der Waals surface area contributed by atoms with Crippen molar-refractivity contribution < 1.29 is 9.90 Å². The average Bonchev–Trinajstić information content (AvgIpc) is 2.30. The van der Waals surface area contributed by atoms with Crippen molar-refractivity contribution in [2.24, 2.45) is 0 Å². The van der Waals surface area contributed by atoms with E-state index in [1.165, 1.54) is 6.07 Å². The molecule has 1 heterocycles. The number of hydrogen-bond donors (Lipinski definition) is 1. The predicted octanol–water partition coefficient (Wildman–Crippen LogP) is 4.41. The van der Waals surface area contributed by atoms with Gasteiger partial charge in [-0.3, -0.25) is 0 Å². The van der Waals surface area contributed by atoms with E-state index >= 15 is 0 Å². The maximum atomic E-state index is 11.0. The van der Waals surface area contributed by atoms with Gasteiger partial charge in [-0.25, -0.2) is 9.78 Å². The smallest absolute Gasteiger partial charge is 0.356 e. The van der Waals surface area contributed by atoms with Gasteiger partial charge in [0.1, 0.15) is 0 Å². The van der Waals surface area contributed by atoms with E-state index in [4.69, 9.17) is 39.9 Å². The topological polar surface area (TPSA) is 50.2 Å². The van der Waals surface area contributed by atoms with Gasteiger partial charge in [0, 0.05) is 5.56 Å². The predicted molar refractivity (Wildman–Crippen MR) is 71.7 cm³/mol. The Morgan fingerprint density at radius 1 is 1.00 bits per heavy atom. The van der Waals surface area contributed by atoms with Crippen LogP contribution in [0.15, 0.2) is 30.3 Å². The standard InChI is InChI=1S/C12H6Cl3NO2/c13-6-2-1-3-7(14)10(6)9-5-4-8(15)11(16-9)12(17)18/h1-5H,(H,17,18). The van der Waals surface area contributed by atoms with Crippen LogP contribution in [-0.2, 0) is 0 Å². The number of carbonyl (C=O) groups is 1. The summed E-state index contributed by atoms with van der Waals surface area (Å²) in [4.78, 5) is 14.9. The van der Waals surface area contributed by atoms with Crippen molar-refractivity contribution in [1.29, 1.82) is 0 Å². The molecule has 0 aliphatic carbocycles. The Bertz CT molecular complexity index is 608. The highest BCUT2D eigenvalue weighted by molar-refractivity contribution is 6.39. The molecule has 2 aromatic rings. The van der Waals surface area contributed by atoms with Gasteiger partial charge >= 0.3 is 5.97 Å². The van der Waals surface area contributed by atoms with E-state index in [9.17, 15) is 4.79 Å². The van der Waals surface area contributed by atoms with Crippen LogP contribution >= 0.6 is 34.8 Å². The van der Waals surface area contributed by atoms with E-state index < -0.39 is 5.97 Å². The number of aromatic carboxylic acids is 1. The lowest BCUT2D eigenvalue weighted by molar-refractivity contribution is 0.0691. The number of carboxylic acid groups (broad SMARTS) is 1. The van der Waals surface area contributed by atoms with Crippen molar-refractivity contribution in [3.8, 4) is 11.3 Å². The van der Waals surface area contributed by atoms with Crippen LogP contribution in [0.25, 0.3) is 11.3 Å². The largest absolute Gasteiger partial charge is 0.476 e. The first-order valence-corrected chi connectivity index (χ1v) is 5.98. The zero-order valence-corrected chi connectivity index (χ0v) is 11.1. The zero-order chi connectivity index (χ0) is 13.3. The van der Waals surface area contributed by atoms with E-state index in [0.29, 0.717) is 21.3 Å². The molecule has 1 N–H and O–H groups in total. The van der Waals surface area contributed by atoms with E-state index in [1.807, 2.05) is 0 Å². The van der Waals surface area contributed by atoms with E-state index in [0.717, 1.165) is 0 Å². The van der Waals surface area contributed by atoms with Crippen LogP contribution in [0.4, 0.5) is 0 Å². The second-order valence-corrected chi connectivity index (χ2v) is 4.65. The second-order valence-electron chi connectivity index (χ2n) is 3.43. The Morgan fingerprint density at radius 2 is 1.61 bits per heavy atom. The third-order valence-corrected chi connectivity index (χ3v) is 3.20. The molecule has 0 aliphatic rings. The highest BCUT2D eigenvalue weighted by Gasteiger charge is 2.15. The lowest BCUT2D eigenvalue weighted by Gasteiger charge is -2.07. The molecular formula is C12H6Cl3NO2. The molecule has 1 aromatic carbocycles. The molecular weight excluding hydrogens is 296 g/mol. The molecule has 0 fully saturated rings. The number of halogens is 3. The van der Waals surface area contributed by atoms with Crippen LogP contribution in [-0.4, -0.2) is 16.1 Å². The van der Waals surface area contributed by atoms with Gasteiger partial charge in [-0.2, -0.15) is 0 Å². The fourth-order valence-corrected chi connectivity index (χ4v) is 2.25. The van der Waals surface area contributed by atoms with E-state index in [2.05, 4.69) is 4.98 Å². The number of rotatable bonds is 2. The van der Waals surface area contributed by atoms with Crippen LogP contribution < -0.4 is 0 Å². The molecule has 6 heteroatoms. The number of hydrogen-bond acceptors (Lipinski definition) is 2. The van der Waals surface area contributed by atoms with Crippen molar-refractivity contribution >= 4 is 40.8 Å². The van der Waals surface area contributed by atoms with Crippen LogP contribution in [0, 0.1) is 0 Å². The van der Waals surface area contributed by atoms with Crippen molar-refractivity contribution in [3.05, 3.63) is 51.1 Å². The van der Waals surface area contributed by atoms with Crippen LogP contribution in [0.1, 0.15) is 10.5 Å². The van der Waals surface area contributed by atoms with Crippen molar-refractivity contribution in [3.63, 3.8) is 0 Å². The molecule has 0 amide bonds. The zero-order valence-electron chi connectivity index (χ0n) is 8.82. The minimum absolute atomic E-state index is 0.0643. The molecule has 0 atom stereocenters. The molecule has 2 rings (SSSR count). The van der Waals surface area contributed by atoms with Crippen LogP contribution in [0.2, 0.25) is 15.1 Å². The van der Waals surface area contributed by atoms with Gasteiger partial charge < -0.3 is 5.11 Å². The summed E-state index contributed by atoms with van der Waals surface area (Å²) < 4.78 is 0. The Labute approximate surface area is 118 Å². The van der Waals surface area contributed by atoms with Crippen molar-refractivity contribution in [2.75, 3.05) is 0 Å². The summed E-state index contributed by atoms with van der Waals surface area (Å²) >= 11 is 17.8. The molecule has 0 bridgehead atoms. The number of carboxylic acids is 1. The third-order valence-electron chi connectivity index (χ3n) is 2.27. The fourth-order valence-electron chi connectivity index (χ4n) is 1.47. The molecule has 0 saturated carbocycles. The highest BCUT2D eigenvalue weighted by Crippen LogP contribution is 2.34. The van der Waals surface area contributed by atoms with Gasteiger partial charge in [0.05, 0.1) is 20.8 Å². The first-order chi connectivity index (χ1) is 8.50. The second kappa shape index (κ2) is 5.14. The summed E-state index contributed by atoms with van der Waals surface area (Å²) in [6.45, 7) is 0. The minimum atomic E-state index is -1.20. The lowest BCUT2D eigenvalue weighted by Crippen LogP contribution is -2.02. The number of aromatic nitrogens is 1. The first-order valence-electron chi connectivity index (χ1n) is 4.85. The lowest BCUT2D eigenvalue weighted by atomic mass is 10.1. The van der Waals surface area contributed by atoms with Gasteiger partial charge in [-0.1, -0.05) is 40.9 Å². The molecule has 0 unspecified atom stereocenters. The van der Waals surface area contributed by atoms with Gasteiger partial charge in [0.2, 0.25) is 0 Å². The Hall–Kier alpha value is -1.29. The summed E-state index contributed by atoms with van der Waals surface area (Å²) in [5, 5.41) is 9.82. The van der Waals surface area contributed by atoms with Crippen LogP contribution in [0.5, 0.6) is 0 Å². The van der Waals surface area contributed by atoms with E-state index in [1.54, 1.807) is 24.3 Å². The van der Waals surface area contributed by atoms with Gasteiger partial charge in [0.15, 0.2) is 5.69 Å². The number of nitrogens with zero attached hydrogens (tertiary/aromatic N) is 1. The quantitative estimate of drug-likeness (QED) is 0.894. The number of benzene rings is 1. The van der Waals surface area contributed by atoms with Crippen molar-refractivity contribution in [1.82, 2.24) is 4.98 Å². The third kappa shape index (κ3) is 2.43. The van der Waals surface area contributed by atoms with Gasteiger partial charge in [0.25, 0.3) is 0 Å². The summed E-state index contributed by atoms with van der Waals surface area (Å²) in [6.07, 6.45) is 0. The fraction of sp³-hybridized carbons (Fsp3) is 0. The van der Waals surface area contributed by atoms with Crippen molar-refractivity contribution in [2.45, 2.75) is 0 Å². The summed E-state index contributed by atoms with van der Waals surface area (Å²) in [5.74, 6) is -1.20. The molecule has 18 heavy (non-hydrogen) atoms. The van der Waals surface area contributed by atoms with Gasteiger partial charge in [-0.05, 0) is 24.3 Å². The average molecular weight is 303 g/mol.